The van der Waals surface area contributed by atoms with Gasteiger partial charge in [0.15, 0.2) is 5.96 Å². The normalized spacial score (nSPS) is 18.8. The first-order chi connectivity index (χ1) is 8.92. The molecule has 0 unspecified atom stereocenters. The van der Waals surface area contributed by atoms with Gasteiger partial charge in [-0.3, -0.25) is 4.99 Å². The standard InChI is InChI=1S/C13H21N5/c1-2-9-18-10-11(17-12(18)4-1)5-8-16-13-14-6-3-7-15-13/h10H,1-9H2,(H2,14,15,16). The van der Waals surface area contributed by atoms with E-state index in [4.69, 9.17) is 4.98 Å². The van der Waals surface area contributed by atoms with Crippen LogP contribution in [-0.4, -0.2) is 35.1 Å². The second-order valence-electron chi connectivity index (χ2n) is 4.99. The predicted octanol–water partition coefficient (Wildman–Crippen LogP) is 0.701. The average Bonchev–Trinajstić information content (AvgIpc) is 2.82. The fourth-order valence-corrected chi connectivity index (χ4v) is 2.55. The molecule has 0 fully saturated rings. The molecule has 5 heteroatoms. The summed E-state index contributed by atoms with van der Waals surface area (Å²) in [7, 11) is 0. The van der Waals surface area contributed by atoms with Crippen LogP contribution in [0.5, 0.6) is 0 Å². The van der Waals surface area contributed by atoms with Gasteiger partial charge in [-0.15, -0.1) is 0 Å². The third-order valence-corrected chi connectivity index (χ3v) is 3.53. The monoisotopic (exact) mass is 247 g/mol. The van der Waals surface area contributed by atoms with Crippen LogP contribution < -0.4 is 10.6 Å². The number of nitrogens with zero attached hydrogens (tertiary/aromatic N) is 3. The Balaban J connectivity index is 1.50. The Kier molecular flexibility index (Phi) is 3.48. The maximum absolute atomic E-state index is 4.70. The number of aliphatic imine (C=N–C) groups is 1. The maximum Gasteiger partial charge on any atom is 0.191 e. The average molecular weight is 247 g/mol. The summed E-state index contributed by atoms with van der Waals surface area (Å²) in [5.41, 5.74) is 1.20. The van der Waals surface area contributed by atoms with Gasteiger partial charge in [-0.2, -0.15) is 0 Å². The first-order valence-electron chi connectivity index (χ1n) is 6.99. The lowest BCUT2D eigenvalue weighted by molar-refractivity contribution is 0.522. The molecule has 3 rings (SSSR count). The van der Waals surface area contributed by atoms with E-state index in [1.807, 2.05) is 0 Å². The zero-order valence-electron chi connectivity index (χ0n) is 10.8. The summed E-state index contributed by atoms with van der Waals surface area (Å²) < 4.78 is 2.31. The Morgan fingerprint density at radius 1 is 1.33 bits per heavy atom. The fraction of sp³-hybridized carbons (Fsp3) is 0.692. The van der Waals surface area contributed by atoms with Crippen molar-refractivity contribution in [3.63, 3.8) is 0 Å². The Morgan fingerprint density at radius 3 is 3.17 bits per heavy atom. The molecule has 5 nitrogen and oxygen atoms in total. The smallest absolute Gasteiger partial charge is 0.191 e. The molecular weight excluding hydrogens is 226 g/mol. The second-order valence-corrected chi connectivity index (χ2v) is 4.99. The molecule has 0 saturated carbocycles. The van der Waals surface area contributed by atoms with E-state index in [1.54, 1.807) is 0 Å². The number of nitrogens with one attached hydrogen (secondary N) is 2. The van der Waals surface area contributed by atoms with E-state index in [-0.39, 0.29) is 0 Å². The largest absolute Gasteiger partial charge is 0.356 e. The van der Waals surface area contributed by atoms with Crippen molar-refractivity contribution in [3.05, 3.63) is 17.7 Å². The summed E-state index contributed by atoms with van der Waals surface area (Å²) in [6.07, 6.45) is 8.05. The summed E-state index contributed by atoms with van der Waals surface area (Å²) in [5, 5.41) is 6.61. The van der Waals surface area contributed by atoms with Crippen LogP contribution in [0, 0.1) is 0 Å². The van der Waals surface area contributed by atoms with Crippen molar-refractivity contribution in [1.29, 1.82) is 0 Å². The van der Waals surface area contributed by atoms with Crippen LogP contribution in [0.25, 0.3) is 0 Å². The van der Waals surface area contributed by atoms with Crippen LogP contribution in [0.4, 0.5) is 0 Å². The van der Waals surface area contributed by atoms with Gasteiger partial charge in [-0.05, 0) is 19.3 Å². The van der Waals surface area contributed by atoms with Gasteiger partial charge >= 0.3 is 0 Å². The molecule has 0 aliphatic carbocycles. The van der Waals surface area contributed by atoms with Crippen LogP contribution in [0.1, 0.15) is 30.8 Å². The van der Waals surface area contributed by atoms with Gasteiger partial charge < -0.3 is 15.2 Å². The number of rotatable bonds is 3. The lowest BCUT2D eigenvalue weighted by atomic mass is 10.2. The van der Waals surface area contributed by atoms with Crippen LogP contribution in [-0.2, 0) is 19.4 Å². The van der Waals surface area contributed by atoms with Crippen LogP contribution in [0.2, 0.25) is 0 Å². The predicted molar refractivity (Wildman–Crippen MR) is 71.8 cm³/mol. The van der Waals surface area contributed by atoms with E-state index in [2.05, 4.69) is 26.4 Å². The van der Waals surface area contributed by atoms with Crippen LogP contribution >= 0.6 is 0 Å². The highest BCUT2D eigenvalue weighted by Crippen LogP contribution is 2.14. The summed E-state index contributed by atoms with van der Waals surface area (Å²) in [6.45, 7) is 4.02. The van der Waals surface area contributed by atoms with Gasteiger partial charge in [-0.25, -0.2) is 4.98 Å². The summed E-state index contributed by atoms with van der Waals surface area (Å²) in [5.74, 6) is 2.22. The SMILES string of the molecule is c1c(CCNC2=NCCCN2)nc2n1CCCC2. The topological polar surface area (TPSA) is 54.2 Å². The Morgan fingerprint density at radius 2 is 2.33 bits per heavy atom. The minimum Gasteiger partial charge on any atom is -0.356 e. The van der Waals surface area contributed by atoms with Crippen LogP contribution in [0.15, 0.2) is 11.2 Å². The highest BCUT2D eigenvalue weighted by atomic mass is 15.2. The number of imidazole rings is 1. The highest BCUT2D eigenvalue weighted by Gasteiger charge is 2.12. The fourth-order valence-electron chi connectivity index (χ4n) is 2.55. The zero-order chi connectivity index (χ0) is 12.2. The van der Waals surface area contributed by atoms with E-state index in [9.17, 15) is 0 Å². The molecule has 0 radical (unpaired) electrons. The molecule has 0 saturated heterocycles. The van der Waals surface area contributed by atoms with Crippen molar-refractivity contribution in [1.82, 2.24) is 20.2 Å². The Labute approximate surface area is 108 Å². The third kappa shape index (κ3) is 2.66. The second kappa shape index (κ2) is 5.42. The van der Waals surface area contributed by atoms with Gasteiger partial charge in [0.2, 0.25) is 0 Å². The lowest BCUT2D eigenvalue weighted by Gasteiger charge is -2.15. The molecule has 2 aliphatic heterocycles. The molecule has 1 aromatic heterocycles. The molecule has 2 N–H and O–H groups in total. The van der Waals surface area contributed by atoms with Gasteiger partial charge in [-0.1, -0.05) is 0 Å². The van der Waals surface area contributed by atoms with Crippen molar-refractivity contribution in [2.75, 3.05) is 19.6 Å². The summed E-state index contributed by atoms with van der Waals surface area (Å²) in [6, 6.07) is 0. The first-order valence-corrected chi connectivity index (χ1v) is 6.99. The Bertz CT molecular complexity index is 411. The molecule has 0 spiro atoms. The molecule has 98 valence electrons. The minimum absolute atomic E-state index is 0.905. The summed E-state index contributed by atoms with van der Waals surface area (Å²) >= 11 is 0. The van der Waals surface area contributed by atoms with Crippen LogP contribution in [0.3, 0.4) is 0 Å². The molecule has 1 aromatic rings. The summed E-state index contributed by atoms with van der Waals surface area (Å²) in [4.78, 5) is 9.09. The molecule has 18 heavy (non-hydrogen) atoms. The lowest BCUT2D eigenvalue weighted by Crippen LogP contribution is -2.41. The first kappa shape index (κ1) is 11.6. The van der Waals surface area contributed by atoms with Gasteiger partial charge in [0.05, 0.1) is 5.69 Å². The molecule has 0 aromatic carbocycles. The molecule has 2 aliphatic rings. The number of fused-ring (bicyclic) bond motifs is 1. The van der Waals surface area contributed by atoms with Crippen molar-refractivity contribution < 1.29 is 0 Å². The number of aromatic nitrogens is 2. The third-order valence-electron chi connectivity index (χ3n) is 3.53. The molecule has 0 bridgehead atoms. The van der Waals surface area contributed by atoms with Gasteiger partial charge in [0, 0.05) is 45.2 Å². The minimum atomic E-state index is 0.905. The van der Waals surface area contributed by atoms with E-state index >= 15 is 0 Å². The molecular formula is C13H21N5. The molecule has 0 amide bonds. The number of hydrogen-bond acceptors (Lipinski definition) is 4. The number of aryl methyl sites for hydroxylation is 2. The zero-order valence-corrected chi connectivity index (χ0v) is 10.8. The Hall–Kier alpha value is -1.52. The van der Waals surface area contributed by atoms with Crippen molar-refractivity contribution in [2.24, 2.45) is 4.99 Å². The molecule has 0 atom stereocenters. The molecule has 3 heterocycles. The van der Waals surface area contributed by atoms with Crippen molar-refractivity contribution in [3.8, 4) is 0 Å². The maximum atomic E-state index is 4.70. The van der Waals surface area contributed by atoms with E-state index < -0.39 is 0 Å². The quantitative estimate of drug-likeness (QED) is 0.827. The number of guanidine groups is 1. The van der Waals surface area contributed by atoms with E-state index in [0.717, 1.165) is 51.4 Å². The highest BCUT2D eigenvalue weighted by molar-refractivity contribution is 5.80. The van der Waals surface area contributed by atoms with Crippen molar-refractivity contribution in [2.45, 2.75) is 38.6 Å². The number of hydrogen-bond donors (Lipinski definition) is 2. The van der Waals surface area contributed by atoms with E-state index in [0.29, 0.717) is 0 Å². The van der Waals surface area contributed by atoms with Gasteiger partial charge in [0.25, 0.3) is 0 Å². The van der Waals surface area contributed by atoms with E-state index in [1.165, 1.54) is 24.4 Å². The van der Waals surface area contributed by atoms with Gasteiger partial charge in [0.1, 0.15) is 5.82 Å². The van der Waals surface area contributed by atoms with Crippen molar-refractivity contribution >= 4 is 5.96 Å².